The molecule has 0 aliphatic carbocycles. The minimum Gasteiger partial charge on any atom is -0.545 e. The molecule has 0 aromatic rings. The highest BCUT2D eigenvalue weighted by Gasteiger charge is 2.22. The van der Waals surface area contributed by atoms with Gasteiger partial charge >= 0.3 is 11.9 Å². The molecule has 0 fully saturated rings. The Bertz CT molecular complexity index is 1970. The molecule has 0 N–H and O–H groups in total. The van der Waals surface area contributed by atoms with Crippen LogP contribution in [0.15, 0.2) is 146 Å². The van der Waals surface area contributed by atoms with Crippen molar-refractivity contribution in [2.75, 3.05) is 47.5 Å². The minimum atomic E-state index is -1.64. The minimum absolute atomic E-state index is 0.138. The van der Waals surface area contributed by atoms with Crippen LogP contribution in [0.3, 0.4) is 0 Å². The normalized spacial score (nSPS) is 13.6. The Morgan fingerprint density at radius 3 is 0.899 bits per heavy atom. The third-order valence-corrected chi connectivity index (χ3v) is 15.1. The zero-order valence-electron chi connectivity index (χ0n) is 57.8. The number of hydrogen-bond acceptors (Lipinski definition) is 8. The second-order valence-electron chi connectivity index (χ2n) is 24.8. The highest BCUT2D eigenvalue weighted by Crippen LogP contribution is 2.17. The molecule has 0 rings (SSSR count). The van der Waals surface area contributed by atoms with Crippen molar-refractivity contribution in [1.29, 1.82) is 0 Å². The van der Waals surface area contributed by atoms with Crippen LogP contribution in [0.25, 0.3) is 0 Å². The van der Waals surface area contributed by atoms with Crippen molar-refractivity contribution >= 4 is 17.9 Å². The van der Waals surface area contributed by atoms with E-state index in [-0.39, 0.29) is 38.6 Å². The number of aliphatic carboxylic acids is 1. The number of hydrogen-bond donors (Lipinski definition) is 0. The van der Waals surface area contributed by atoms with Crippen molar-refractivity contribution in [2.45, 2.75) is 296 Å². The molecule has 89 heavy (non-hydrogen) atoms. The van der Waals surface area contributed by atoms with Crippen LogP contribution in [-0.2, 0) is 33.3 Å². The lowest BCUT2D eigenvalue weighted by Gasteiger charge is -2.26. The Hall–Kier alpha value is -4.83. The summed E-state index contributed by atoms with van der Waals surface area (Å²) in [7, 11) is 5.92. The Balaban J connectivity index is 4.11. The van der Waals surface area contributed by atoms with E-state index in [2.05, 4.69) is 160 Å². The molecular formula is C80H133NO8. The number of allylic oxidation sites excluding steroid dienone is 24. The summed E-state index contributed by atoms with van der Waals surface area (Å²) >= 11 is 0. The predicted molar refractivity (Wildman–Crippen MR) is 379 cm³/mol. The van der Waals surface area contributed by atoms with E-state index in [1.807, 2.05) is 21.1 Å². The maximum Gasteiger partial charge on any atom is 0.306 e. The van der Waals surface area contributed by atoms with Crippen molar-refractivity contribution in [3.63, 3.8) is 0 Å². The van der Waals surface area contributed by atoms with Gasteiger partial charge in [-0.25, -0.2) is 0 Å². The largest absolute Gasteiger partial charge is 0.545 e. The van der Waals surface area contributed by atoms with Gasteiger partial charge in [0.05, 0.1) is 40.3 Å². The number of quaternary nitrogens is 1. The van der Waals surface area contributed by atoms with Crippen LogP contribution in [0.5, 0.6) is 0 Å². The first-order valence-corrected chi connectivity index (χ1v) is 36.0. The number of unbranched alkanes of at least 4 members (excludes halogenated alkanes) is 26. The molecule has 0 aromatic heterocycles. The van der Waals surface area contributed by atoms with Gasteiger partial charge in [-0.15, -0.1) is 0 Å². The average Bonchev–Trinajstić information content (AvgIpc) is 3.64. The van der Waals surface area contributed by atoms with E-state index in [0.717, 1.165) is 128 Å². The molecule has 9 heteroatoms. The number of esters is 2. The van der Waals surface area contributed by atoms with Crippen LogP contribution < -0.4 is 5.11 Å². The SMILES string of the molecule is CC/C=C\C/C=C\C/C=C\C/C=C\C/C=C\C/C=C\C/C=C\CCCCCCCC(=O)OC(COC(=O)CCCCCCCCCCCCCCCCCCCCCCC/C=C\C/C=C\C/C=C\C/C=C\C/C=C\CC)COC(OCC[N+](C)(C)C)C(=O)[O-]. The lowest BCUT2D eigenvalue weighted by molar-refractivity contribution is -0.870. The second kappa shape index (κ2) is 69.1. The monoisotopic (exact) mass is 1240 g/mol. The molecule has 0 bridgehead atoms. The molecule has 0 aliphatic heterocycles. The first-order chi connectivity index (χ1) is 43.6. The van der Waals surface area contributed by atoms with E-state index in [0.29, 0.717) is 17.4 Å². The lowest BCUT2D eigenvalue weighted by Crippen LogP contribution is -2.44. The molecule has 0 saturated heterocycles. The molecule has 2 atom stereocenters. The molecule has 0 spiro atoms. The second-order valence-corrected chi connectivity index (χ2v) is 24.8. The molecule has 9 nitrogen and oxygen atoms in total. The van der Waals surface area contributed by atoms with Crippen molar-refractivity contribution in [1.82, 2.24) is 0 Å². The number of likely N-dealkylation sites (N-methyl/N-ethyl adjacent to an activating group) is 1. The summed E-state index contributed by atoms with van der Waals surface area (Å²) in [6.45, 7) is 4.50. The van der Waals surface area contributed by atoms with Gasteiger partial charge in [-0.3, -0.25) is 9.59 Å². The van der Waals surface area contributed by atoms with Gasteiger partial charge in [0.1, 0.15) is 13.2 Å². The van der Waals surface area contributed by atoms with E-state index in [4.69, 9.17) is 18.9 Å². The van der Waals surface area contributed by atoms with Gasteiger partial charge in [0.15, 0.2) is 12.4 Å². The van der Waals surface area contributed by atoms with E-state index in [1.54, 1.807) is 0 Å². The molecule has 0 radical (unpaired) electrons. The van der Waals surface area contributed by atoms with Crippen LogP contribution in [-0.4, -0.2) is 82.3 Å². The van der Waals surface area contributed by atoms with Crippen LogP contribution in [0.4, 0.5) is 0 Å². The van der Waals surface area contributed by atoms with Crippen molar-refractivity contribution in [3.05, 3.63) is 146 Å². The molecule has 0 aromatic carbocycles. The predicted octanol–water partition coefficient (Wildman–Crippen LogP) is 21.4. The highest BCUT2D eigenvalue weighted by molar-refractivity contribution is 5.70. The summed E-state index contributed by atoms with van der Waals surface area (Å²) in [5, 5.41) is 11.8. The Labute approximate surface area is 547 Å². The molecular weight excluding hydrogens is 1100 g/mol. The van der Waals surface area contributed by atoms with E-state index in [9.17, 15) is 19.5 Å². The first kappa shape index (κ1) is 84.2. The topological polar surface area (TPSA) is 111 Å². The number of carboxylic acids is 1. The average molecular weight is 1240 g/mol. The molecule has 2 unspecified atom stereocenters. The van der Waals surface area contributed by atoms with Gasteiger partial charge in [-0.05, 0) is 116 Å². The standard InChI is InChI=1S/C80H133NO8/c1-6-8-10-12-14-16-18-20-22-24-26-28-30-32-34-35-36-37-38-39-40-41-42-43-45-46-48-50-52-54-56-58-60-62-64-66-68-70-77(82)87-74-76(75-88-80(79(84)85)86-73-72-81(3,4)5)89-78(83)71-69-67-65-63-61-59-57-55-53-51-49-47-44-33-31-29-27-25-23-21-19-17-15-13-11-9-7-2/h8-11,14-17,20-23,26-29,32-34,44,49,51,55,57,76,80H,6-7,12-13,18-19,24-25,30-31,35-43,45-48,50,52-54,56,58-75H2,1-5H3/b10-8-,11-9-,16-14-,17-15-,22-20-,23-21-,28-26-,29-27-,34-32-,44-33-,51-49-,57-55-. The summed E-state index contributed by atoms with van der Waals surface area (Å²) in [5.41, 5.74) is 0. The van der Waals surface area contributed by atoms with Crippen molar-refractivity contribution in [2.24, 2.45) is 0 Å². The highest BCUT2D eigenvalue weighted by atomic mass is 16.7. The number of carboxylic acid groups (broad SMARTS) is 1. The number of ether oxygens (including phenoxy) is 4. The summed E-state index contributed by atoms with van der Waals surface area (Å²) in [5.74, 6) is -2.31. The molecule has 0 heterocycles. The smallest absolute Gasteiger partial charge is 0.306 e. The fraction of sp³-hybridized carbons (Fsp3) is 0.662. The Morgan fingerprint density at radius 1 is 0.337 bits per heavy atom. The fourth-order valence-electron chi connectivity index (χ4n) is 9.66. The third kappa shape index (κ3) is 70.5. The van der Waals surface area contributed by atoms with Gasteiger partial charge in [0.2, 0.25) is 0 Å². The van der Waals surface area contributed by atoms with E-state index in [1.165, 1.54) is 122 Å². The number of carbonyl (C=O) groups excluding carboxylic acids is 3. The van der Waals surface area contributed by atoms with Gasteiger partial charge < -0.3 is 33.3 Å². The zero-order valence-corrected chi connectivity index (χ0v) is 57.8. The lowest BCUT2D eigenvalue weighted by atomic mass is 10.0. The van der Waals surface area contributed by atoms with Crippen LogP contribution >= 0.6 is 0 Å². The Kier molecular flexibility index (Phi) is 65.3. The third-order valence-electron chi connectivity index (χ3n) is 15.1. The summed E-state index contributed by atoms with van der Waals surface area (Å²) in [6.07, 6.45) is 97.9. The molecule has 506 valence electrons. The fourth-order valence-corrected chi connectivity index (χ4v) is 9.66. The zero-order chi connectivity index (χ0) is 64.7. The van der Waals surface area contributed by atoms with Gasteiger partial charge in [0, 0.05) is 12.8 Å². The maximum atomic E-state index is 12.9. The molecule has 0 saturated carbocycles. The number of carbonyl (C=O) groups is 3. The summed E-state index contributed by atoms with van der Waals surface area (Å²) < 4.78 is 22.8. The van der Waals surface area contributed by atoms with Crippen molar-refractivity contribution in [3.8, 4) is 0 Å². The van der Waals surface area contributed by atoms with Gasteiger partial charge in [0.25, 0.3) is 0 Å². The van der Waals surface area contributed by atoms with Crippen molar-refractivity contribution < 1.29 is 42.9 Å². The van der Waals surface area contributed by atoms with E-state index >= 15 is 0 Å². The quantitative estimate of drug-likeness (QED) is 0.0195. The van der Waals surface area contributed by atoms with Crippen LogP contribution in [0.2, 0.25) is 0 Å². The van der Waals surface area contributed by atoms with Crippen LogP contribution in [0.1, 0.15) is 284 Å². The maximum absolute atomic E-state index is 12.9. The first-order valence-electron chi connectivity index (χ1n) is 36.0. The Morgan fingerprint density at radius 2 is 0.607 bits per heavy atom. The van der Waals surface area contributed by atoms with Gasteiger partial charge in [-0.2, -0.15) is 0 Å². The van der Waals surface area contributed by atoms with E-state index < -0.39 is 24.3 Å². The molecule has 0 amide bonds. The summed E-state index contributed by atoms with van der Waals surface area (Å²) in [4.78, 5) is 37.5. The van der Waals surface area contributed by atoms with Gasteiger partial charge in [-0.1, -0.05) is 301 Å². The number of nitrogens with zero attached hydrogens (tertiary/aromatic N) is 1. The number of rotatable bonds is 65. The van der Waals surface area contributed by atoms with Crippen LogP contribution in [0, 0.1) is 0 Å². The molecule has 0 aliphatic rings. The summed E-state index contributed by atoms with van der Waals surface area (Å²) in [6, 6.07) is 0.